The number of benzene rings is 1. The molecule has 148 valence electrons. The van der Waals surface area contributed by atoms with Crippen molar-refractivity contribution in [2.24, 2.45) is 0 Å². The van der Waals surface area contributed by atoms with E-state index >= 15 is 0 Å². The monoisotopic (exact) mass is 432 g/mol. The van der Waals surface area contributed by atoms with Crippen molar-refractivity contribution >= 4 is 32.3 Å². The summed E-state index contributed by atoms with van der Waals surface area (Å²) in [5, 5.41) is 0.328. The maximum absolute atomic E-state index is 13.0. The van der Waals surface area contributed by atoms with E-state index in [0.717, 1.165) is 0 Å². The molecule has 0 saturated heterocycles. The smallest absolute Gasteiger partial charge is 0.401 e. The Morgan fingerprint density at radius 3 is 2.50 bits per heavy atom. The molecule has 0 aliphatic carbocycles. The molecule has 0 aliphatic rings. The van der Waals surface area contributed by atoms with Crippen LogP contribution in [0.25, 0.3) is 22.5 Å². The second-order valence-corrected chi connectivity index (χ2v) is 8.58. The number of aromatic nitrogens is 2. The van der Waals surface area contributed by atoms with E-state index in [-0.39, 0.29) is 15.9 Å². The van der Waals surface area contributed by atoms with Crippen LogP contribution in [-0.4, -0.2) is 24.1 Å². The van der Waals surface area contributed by atoms with Gasteiger partial charge in [-0.2, -0.15) is 13.2 Å². The molecule has 2 heterocycles. The molecule has 3 aromatic rings. The molecule has 0 amide bonds. The van der Waals surface area contributed by atoms with Crippen molar-refractivity contribution in [1.29, 1.82) is 0 Å². The zero-order valence-electron chi connectivity index (χ0n) is 14.5. The summed E-state index contributed by atoms with van der Waals surface area (Å²) in [4.78, 5) is 19.3. The van der Waals surface area contributed by atoms with Crippen molar-refractivity contribution in [2.75, 3.05) is 5.75 Å². The highest BCUT2D eigenvalue weighted by Crippen LogP contribution is 2.34. The summed E-state index contributed by atoms with van der Waals surface area (Å²) in [6.45, 7) is 2.89. The van der Waals surface area contributed by atoms with Crippen LogP contribution in [0.15, 0.2) is 38.5 Å². The van der Waals surface area contributed by atoms with Crippen LogP contribution in [0.2, 0.25) is 5.02 Å². The van der Waals surface area contributed by atoms with Gasteiger partial charge in [0.05, 0.1) is 27.1 Å². The largest absolute Gasteiger partial charge is 0.417 e. The first-order valence-corrected chi connectivity index (χ1v) is 9.88. The van der Waals surface area contributed by atoms with Crippen molar-refractivity contribution in [3.05, 3.63) is 51.0 Å². The minimum absolute atomic E-state index is 0.0561. The zero-order chi connectivity index (χ0) is 20.9. The third kappa shape index (κ3) is 3.61. The molecular weight excluding hydrogens is 421 g/mol. The number of pyridine rings is 1. The first-order valence-electron chi connectivity index (χ1n) is 7.85. The van der Waals surface area contributed by atoms with Gasteiger partial charge < -0.3 is 4.42 Å². The molecule has 6 nitrogen and oxygen atoms in total. The summed E-state index contributed by atoms with van der Waals surface area (Å²) in [5.74, 6) is -0.973. The molecule has 0 spiro atoms. The molecule has 0 aliphatic heterocycles. The van der Waals surface area contributed by atoms with E-state index in [0.29, 0.717) is 17.8 Å². The van der Waals surface area contributed by atoms with E-state index in [1.165, 1.54) is 19.1 Å². The lowest BCUT2D eigenvalue weighted by Crippen LogP contribution is -2.13. The Morgan fingerprint density at radius 2 is 1.89 bits per heavy atom. The predicted molar refractivity (Wildman–Crippen MR) is 96.0 cm³/mol. The summed E-state index contributed by atoms with van der Waals surface area (Å²) in [6.07, 6.45) is -4.33. The molecule has 1 aromatic carbocycles. The molecule has 0 atom stereocenters. The maximum Gasteiger partial charge on any atom is 0.417 e. The molecule has 11 heteroatoms. The van der Waals surface area contributed by atoms with Crippen molar-refractivity contribution in [3.63, 3.8) is 0 Å². The van der Waals surface area contributed by atoms with Gasteiger partial charge in [-0.1, -0.05) is 18.5 Å². The van der Waals surface area contributed by atoms with E-state index in [9.17, 15) is 26.4 Å². The van der Waals surface area contributed by atoms with Gasteiger partial charge in [-0.05, 0) is 30.7 Å². The number of rotatable bonds is 3. The summed E-state index contributed by atoms with van der Waals surface area (Å²) in [6, 6.07) is 3.32. The van der Waals surface area contributed by atoms with Gasteiger partial charge in [0.1, 0.15) is 5.69 Å². The highest BCUT2D eigenvalue weighted by Gasteiger charge is 2.34. The molecule has 0 bridgehead atoms. The van der Waals surface area contributed by atoms with Gasteiger partial charge in [0.15, 0.2) is 9.84 Å². The average molecular weight is 433 g/mol. The fourth-order valence-corrected chi connectivity index (χ4v) is 3.89. The maximum atomic E-state index is 13.0. The number of hydrogen-bond acceptors (Lipinski definition) is 6. The Morgan fingerprint density at radius 1 is 1.21 bits per heavy atom. The van der Waals surface area contributed by atoms with Crippen LogP contribution in [-0.2, 0) is 16.0 Å². The first kappa shape index (κ1) is 20.3. The molecule has 2 aromatic heterocycles. The average Bonchev–Trinajstić information content (AvgIpc) is 2.61. The van der Waals surface area contributed by atoms with Gasteiger partial charge >= 0.3 is 11.8 Å². The van der Waals surface area contributed by atoms with Crippen molar-refractivity contribution in [1.82, 2.24) is 9.97 Å². The molecule has 0 saturated carbocycles. The normalized spacial score (nSPS) is 12.5. The topological polar surface area (TPSA) is 90.1 Å². The summed E-state index contributed by atoms with van der Waals surface area (Å²) in [7, 11) is -4.13. The molecule has 0 fully saturated rings. The van der Waals surface area contributed by atoms with Crippen LogP contribution in [0.5, 0.6) is 0 Å². The number of fused-ring (bicyclic) bond motifs is 1. The van der Waals surface area contributed by atoms with Crippen LogP contribution in [0.3, 0.4) is 0 Å². The third-order valence-electron chi connectivity index (χ3n) is 3.99. The van der Waals surface area contributed by atoms with Crippen LogP contribution >= 0.6 is 11.6 Å². The summed E-state index contributed by atoms with van der Waals surface area (Å²) >= 11 is 5.91. The Bertz CT molecular complexity index is 1250. The molecule has 0 unspecified atom stereocenters. The minimum Gasteiger partial charge on any atom is -0.401 e. The van der Waals surface area contributed by atoms with Gasteiger partial charge in [-0.25, -0.2) is 23.2 Å². The SMILES string of the molecule is CCS(=O)(=O)c1cc(C(F)(F)F)cnc1-c1nc2c(C)cc(Cl)cc2c(=O)o1. The fraction of sp³-hybridized carbons (Fsp3) is 0.235. The number of aryl methyl sites for hydroxylation is 1. The quantitative estimate of drug-likeness (QED) is 0.620. The first-order chi connectivity index (χ1) is 12.9. The number of nitrogens with zero attached hydrogens (tertiary/aromatic N) is 2. The van der Waals surface area contributed by atoms with Gasteiger partial charge in [0, 0.05) is 11.2 Å². The second kappa shape index (κ2) is 6.85. The molecule has 3 rings (SSSR count). The number of sulfone groups is 1. The summed E-state index contributed by atoms with van der Waals surface area (Å²) < 4.78 is 68.8. The number of hydrogen-bond donors (Lipinski definition) is 0. The fourth-order valence-electron chi connectivity index (χ4n) is 2.56. The molecule has 28 heavy (non-hydrogen) atoms. The lowest BCUT2D eigenvalue weighted by Gasteiger charge is -2.12. The van der Waals surface area contributed by atoms with E-state index in [1.54, 1.807) is 6.92 Å². The highest BCUT2D eigenvalue weighted by atomic mass is 35.5. The van der Waals surface area contributed by atoms with Crippen molar-refractivity contribution in [3.8, 4) is 11.6 Å². The summed E-state index contributed by atoms with van der Waals surface area (Å²) in [5.41, 5.74) is -1.90. The molecule has 0 N–H and O–H groups in total. The Hall–Kier alpha value is -2.46. The highest BCUT2D eigenvalue weighted by molar-refractivity contribution is 7.91. The van der Waals surface area contributed by atoms with Crippen LogP contribution in [0, 0.1) is 6.92 Å². The van der Waals surface area contributed by atoms with Crippen LogP contribution < -0.4 is 5.63 Å². The predicted octanol–water partition coefficient (Wildman–Crippen LogP) is 4.02. The Balaban J connectivity index is 2.37. The van der Waals surface area contributed by atoms with Gasteiger partial charge in [-0.3, -0.25) is 0 Å². The number of halogens is 4. The van der Waals surface area contributed by atoms with Crippen molar-refractivity contribution < 1.29 is 26.0 Å². The Labute approximate surface area is 161 Å². The Kier molecular flexibility index (Phi) is 4.96. The zero-order valence-corrected chi connectivity index (χ0v) is 16.0. The minimum atomic E-state index is -4.80. The van der Waals surface area contributed by atoms with E-state index in [4.69, 9.17) is 16.0 Å². The number of alkyl halides is 3. The van der Waals surface area contributed by atoms with Gasteiger partial charge in [-0.15, -0.1) is 0 Å². The van der Waals surface area contributed by atoms with E-state index < -0.39 is 49.4 Å². The third-order valence-corrected chi connectivity index (χ3v) is 5.95. The lowest BCUT2D eigenvalue weighted by molar-refractivity contribution is -0.138. The van der Waals surface area contributed by atoms with Gasteiger partial charge in [0.25, 0.3) is 5.89 Å². The van der Waals surface area contributed by atoms with E-state index in [2.05, 4.69) is 9.97 Å². The van der Waals surface area contributed by atoms with E-state index in [1.807, 2.05) is 0 Å². The molecular formula is C17H12ClF3N2O4S. The van der Waals surface area contributed by atoms with Crippen molar-refractivity contribution in [2.45, 2.75) is 24.9 Å². The lowest BCUT2D eigenvalue weighted by atomic mass is 10.1. The van der Waals surface area contributed by atoms with Crippen LogP contribution in [0.4, 0.5) is 13.2 Å². The second-order valence-electron chi connectivity index (χ2n) is 5.90. The molecule has 0 radical (unpaired) electrons. The van der Waals surface area contributed by atoms with Gasteiger partial charge in [0.2, 0.25) is 0 Å². The van der Waals surface area contributed by atoms with Crippen LogP contribution in [0.1, 0.15) is 18.1 Å². The standard InChI is InChI=1S/C17H12ClF3N2O4S/c1-3-28(25,26)12-5-9(17(19,20)21)7-22-14(12)15-23-13-8(2)4-10(18)6-11(13)16(24)27-15/h4-7H,3H2,1-2H3.